The SMILES string of the molecule is C.C.C1=C(C2=CCc3ncc4nc(C5CCCC5)cn4c32)CCOC1.C1=C(C2CCOCC2)c2c(ncc3nc(C4CCCC4)cn23)C1. The first kappa shape index (κ1) is 32.9. The van der Waals surface area contributed by atoms with Crippen LogP contribution in [0.25, 0.3) is 22.4 Å². The number of fused-ring (bicyclic) bond motifs is 6. The summed E-state index contributed by atoms with van der Waals surface area (Å²) >= 11 is 0. The molecule has 0 unspecified atom stereocenters. The van der Waals surface area contributed by atoms with Crippen LogP contribution in [-0.2, 0) is 22.3 Å². The Bertz CT molecular complexity index is 1860. The summed E-state index contributed by atoms with van der Waals surface area (Å²) < 4.78 is 15.6. The molecule has 0 radical (unpaired) electrons. The molecule has 8 heteroatoms. The molecule has 0 atom stereocenters. The number of imidazole rings is 2. The first-order valence-electron chi connectivity index (χ1n) is 17.8. The molecule has 0 bridgehead atoms. The Morgan fingerprint density at radius 3 is 1.79 bits per heavy atom. The fraction of sp³-hybridized carbons (Fsp3) is 0.550. The molecule has 0 spiro atoms. The zero-order chi connectivity index (χ0) is 30.5. The molecule has 4 aromatic heterocycles. The van der Waals surface area contributed by atoms with Gasteiger partial charge in [-0.05, 0) is 67.6 Å². The van der Waals surface area contributed by atoms with Crippen LogP contribution in [0.1, 0.15) is 131 Å². The maximum absolute atomic E-state index is 5.54. The third-order valence-electron chi connectivity index (χ3n) is 11.3. The van der Waals surface area contributed by atoms with Gasteiger partial charge >= 0.3 is 0 Å². The molecule has 0 N–H and O–H groups in total. The molecule has 1 saturated heterocycles. The minimum Gasteiger partial charge on any atom is -0.381 e. The lowest BCUT2D eigenvalue weighted by Crippen LogP contribution is -2.17. The summed E-state index contributed by atoms with van der Waals surface area (Å²) in [6.45, 7) is 3.32. The van der Waals surface area contributed by atoms with Crippen LogP contribution in [0.5, 0.6) is 0 Å². The second kappa shape index (κ2) is 14.1. The average molecular weight is 649 g/mol. The summed E-state index contributed by atoms with van der Waals surface area (Å²) in [5, 5.41) is 0. The van der Waals surface area contributed by atoms with Crippen molar-refractivity contribution in [2.45, 2.75) is 110 Å². The number of nitrogens with zero attached hydrogens (tertiary/aromatic N) is 6. The Morgan fingerprint density at radius 1 is 0.604 bits per heavy atom. The average Bonchev–Trinajstić information content (AvgIpc) is 3.94. The monoisotopic (exact) mass is 648 g/mol. The van der Waals surface area contributed by atoms with E-state index < -0.39 is 0 Å². The fourth-order valence-corrected chi connectivity index (χ4v) is 8.79. The topological polar surface area (TPSA) is 78.8 Å². The minimum atomic E-state index is 0. The van der Waals surface area contributed by atoms with Gasteiger partial charge in [0.2, 0.25) is 0 Å². The molecule has 10 rings (SSSR count). The van der Waals surface area contributed by atoms with Gasteiger partial charge in [0.25, 0.3) is 0 Å². The van der Waals surface area contributed by atoms with Crippen LogP contribution in [0.15, 0.2) is 48.6 Å². The predicted octanol–water partition coefficient (Wildman–Crippen LogP) is 8.70. The third kappa shape index (κ3) is 5.96. The van der Waals surface area contributed by atoms with Crippen molar-refractivity contribution >= 4 is 22.4 Å². The van der Waals surface area contributed by atoms with Gasteiger partial charge in [0.05, 0.1) is 59.8 Å². The summed E-state index contributed by atoms with van der Waals surface area (Å²) in [5.74, 6) is 1.92. The van der Waals surface area contributed by atoms with E-state index in [2.05, 4.69) is 44.4 Å². The van der Waals surface area contributed by atoms with Crippen LogP contribution in [0.3, 0.4) is 0 Å². The summed E-state index contributed by atoms with van der Waals surface area (Å²) in [6.07, 6.45) is 31.1. The molecule has 8 nitrogen and oxygen atoms in total. The van der Waals surface area contributed by atoms with E-state index in [4.69, 9.17) is 24.4 Å². The van der Waals surface area contributed by atoms with Crippen molar-refractivity contribution in [2.24, 2.45) is 5.92 Å². The van der Waals surface area contributed by atoms with E-state index in [1.807, 2.05) is 12.4 Å². The van der Waals surface area contributed by atoms with E-state index in [1.165, 1.54) is 102 Å². The summed E-state index contributed by atoms with van der Waals surface area (Å²) in [7, 11) is 0. The zero-order valence-corrected chi connectivity index (χ0v) is 26.8. The standard InChI is InChI=1S/C19H23N3O.C19H21N3O.2CH4/c2*1-2-4-14(3-1)17-12-22-18(21-17)11-20-16-6-5-15(19(16)22)13-7-9-23-10-8-13;;/h5,11-14H,1-4,6-10H2;5,7,11-12,14H,1-4,6,8-10H2;2*1H4. The molecule has 48 heavy (non-hydrogen) atoms. The van der Waals surface area contributed by atoms with Crippen LogP contribution in [0.4, 0.5) is 0 Å². The Labute approximate surface area is 285 Å². The highest BCUT2D eigenvalue weighted by atomic mass is 16.5. The summed E-state index contributed by atoms with van der Waals surface area (Å²) in [4.78, 5) is 19.2. The van der Waals surface area contributed by atoms with Gasteiger partial charge < -0.3 is 9.47 Å². The second-order valence-corrected chi connectivity index (χ2v) is 14.0. The molecule has 254 valence electrons. The van der Waals surface area contributed by atoms with Crippen LogP contribution >= 0.6 is 0 Å². The highest BCUT2D eigenvalue weighted by Gasteiger charge is 2.29. The number of rotatable bonds is 4. The van der Waals surface area contributed by atoms with E-state index >= 15 is 0 Å². The van der Waals surface area contributed by atoms with E-state index in [1.54, 1.807) is 0 Å². The molecular weight excluding hydrogens is 596 g/mol. The second-order valence-electron chi connectivity index (χ2n) is 14.0. The van der Waals surface area contributed by atoms with Gasteiger partial charge in [-0.3, -0.25) is 18.8 Å². The van der Waals surface area contributed by atoms with Crippen molar-refractivity contribution in [3.05, 3.63) is 82.8 Å². The van der Waals surface area contributed by atoms with Crippen LogP contribution < -0.4 is 0 Å². The molecule has 0 amide bonds. The largest absolute Gasteiger partial charge is 0.381 e. The first-order valence-corrected chi connectivity index (χ1v) is 17.8. The lowest BCUT2D eigenvalue weighted by Gasteiger charge is -2.24. The Kier molecular flexibility index (Phi) is 9.65. The molecule has 0 aromatic carbocycles. The number of ether oxygens (including phenoxy) is 2. The molecule has 6 aliphatic rings. The highest BCUT2D eigenvalue weighted by Crippen LogP contribution is 2.40. The number of hydrogen-bond donors (Lipinski definition) is 0. The molecule has 6 heterocycles. The van der Waals surface area contributed by atoms with Gasteiger partial charge in [0.15, 0.2) is 11.3 Å². The van der Waals surface area contributed by atoms with E-state index in [9.17, 15) is 0 Å². The molecule has 4 aliphatic carbocycles. The molecular formula is C40H52N6O2. The van der Waals surface area contributed by atoms with Crippen LogP contribution in [0, 0.1) is 5.92 Å². The lowest BCUT2D eigenvalue weighted by molar-refractivity contribution is 0.0807. The van der Waals surface area contributed by atoms with Gasteiger partial charge in [0.1, 0.15) is 0 Å². The number of allylic oxidation sites excluding steroid dienone is 4. The van der Waals surface area contributed by atoms with Crippen molar-refractivity contribution in [3.8, 4) is 0 Å². The van der Waals surface area contributed by atoms with Gasteiger partial charge in [-0.15, -0.1) is 0 Å². The smallest absolute Gasteiger partial charge is 0.156 e. The van der Waals surface area contributed by atoms with Crippen molar-refractivity contribution in [3.63, 3.8) is 0 Å². The zero-order valence-electron chi connectivity index (χ0n) is 26.8. The van der Waals surface area contributed by atoms with Crippen molar-refractivity contribution in [2.75, 3.05) is 26.4 Å². The summed E-state index contributed by atoms with van der Waals surface area (Å²) in [5.41, 5.74) is 13.7. The Hall–Kier alpha value is -3.62. The maximum Gasteiger partial charge on any atom is 0.156 e. The van der Waals surface area contributed by atoms with Crippen molar-refractivity contribution < 1.29 is 9.47 Å². The van der Waals surface area contributed by atoms with Crippen LogP contribution in [0.2, 0.25) is 0 Å². The van der Waals surface area contributed by atoms with E-state index in [-0.39, 0.29) is 14.9 Å². The van der Waals surface area contributed by atoms with Gasteiger partial charge in [-0.2, -0.15) is 0 Å². The van der Waals surface area contributed by atoms with Crippen molar-refractivity contribution in [1.29, 1.82) is 0 Å². The predicted molar refractivity (Wildman–Crippen MR) is 192 cm³/mol. The molecule has 2 saturated carbocycles. The third-order valence-corrected chi connectivity index (χ3v) is 11.3. The van der Waals surface area contributed by atoms with Crippen molar-refractivity contribution in [1.82, 2.24) is 28.7 Å². The van der Waals surface area contributed by atoms with Gasteiger partial charge in [-0.25, -0.2) is 9.97 Å². The molecule has 2 aliphatic heterocycles. The normalized spacial score (nSPS) is 21.2. The minimum absolute atomic E-state index is 0. The van der Waals surface area contributed by atoms with E-state index in [0.717, 1.165) is 69.8 Å². The highest BCUT2D eigenvalue weighted by molar-refractivity contribution is 5.82. The number of hydrogen-bond acceptors (Lipinski definition) is 6. The van der Waals surface area contributed by atoms with Gasteiger partial charge in [-0.1, -0.05) is 58.8 Å². The Morgan fingerprint density at radius 2 is 1.19 bits per heavy atom. The molecule has 4 aromatic rings. The quantitative estimate of drug-likeness (QED) is 0.220. The fourth-order valence-electron chi connectivity index (χ4n) is 8.79. The van der Waals surface area contributed by atoms with E-state index in [0.29, 0.717) is 17.8 Å². The Balaban J connectivity index is 0.000000146. The summed E-state index contributed by atoms with van der Waals surface area (Å²) in [6, 6.07) is 0. The lowest BCUT2D eigenvalue weighted by atomic mass is 9.90. The maximum atomic E-state index is 5.54. The van der Waals surface area contributed by atoms with Crippen LogP contribution in [-0.4, -0.2) is 55.2 Å². The van der Waals surface area contributed by atoms with Gasteiger partial charge in [0, 0.05) is 50.3 Å². The number of aromatic nitrogens is 6. The molecule has 3 fully saturated rings. The first-order chi connectivity index (χ1) is 22.8.